The molecule has 1 saturated heterocycles. The van der Waals surface area contributed by atoms with Gasteiger partial charge in [-0.05, 0) is 13.6 Å². The van der Waals surface area contributed by atoms with E-state index in [-0.39, 0.29) is 40.5 Å². The van der Waals surface area contributed by atoms with E-state index in [2.05, 4.69) is 18.5 Å². The van der Waals surface area contributed by atoms with Gasteiger partial charge in [0.05, 0.1) is 0 Å². The Labute approximate surface area is 90.7 Å². The van der Waals surface area contributed by atoms with Crippen LogP contribution in [0.15, 0.2) is 0 Å². The van der Waals surface area contributed by atoms with E-state index in [9.17, 15) is 0 Å². The number of hydrogen-bond donors (Lipinski definition) is 1. The average Bonchev–Trinajstić information content (AvgIpc) is 2.24. The van der Waals surface area contributed by atoms with Crippen LogP contribution in [0.3, 0.4) is 0 Å². The monoisotopic (exact) mass is 153 g/mol. The van der Waals surface area contributed by atoms with Gasteiger partial charge < -0.3 is 14.3 Å². The van der Waals surface area contributed by atoms with Crippen LogP contribution in [0.1, 0.15) is 17.1 Å². The molecule has 4 heteroatoms. The van der Waals surface area contributed by atoms with Crippen molar-refractivity contribution >= 4 is 17.4 Å². The first-order valence-corrected chi connectivity index (χ1v) is 2.88. The molecular weight excluding hydrogens is 136 g/mol. The van der Waals surface area contributed by atoms with E-state index in [1.54, 1.807) is 0 Å². The molecule has 0 bridgehead atoms. The fourth-order valence-corrected chi connectivity index (χ4v) is 0.744. The second-order valence-electron chi connectivity index (χ2n) is 1.81. The topological polar surface area (TPSA) is 23.5 Å². The van der Waals surface area contributed by atoms with Gasteiger partial charge >= 0.3 is 36.2 Å². The number of hydrogen-bond acceptors (Lipinski definition) is 2. The summed E-state index contributed by atoms with van der Waals surface area (Å²) in [6, 6.07) is 0. The standard InChI is InChI=1S/C5H10N.CH4O.Al.Li.3H/c1-6-4-2-3-5-6;1-2;;;;;/h4H,2-3,5H2,1H3;2H,1H3;;;;;/q-1;;+3;+1;3*-1. The maximum absolute atomic E-state index is 7.00. The average molecular weight is 153 g/mol. The molecule has 0 atom stereocenters. The van der Waals surface area contributed by atoms with Gasteiger partial charge in [-0.3, -0.25) is 6.54 Å². The Balaban J connectivity index is -0.0000000166. The maximum atomic E-state index is 7.00. The SMILES string of the molecule is CN1[CH-]CCC1.CO.[Al+3].[H-].[H-].[H-].[Li+]. The molecule has 56 valence electrons. The molecule has 1 N–H and O–H groups in total. The van der Waals surface area contributed by atoms with Gasteiger partial charge in [0.15, 0.2) is 0 Å². The van der Waals surface area contributed by atoms with Crippen molar-refractivity contribution in [2.24, 2.45) is 0 Å². The van der Waals surface area contributed by atoms with Crippen molar-refractivity contribution in [1.29, 1.82) is 0 Å². The first kappa shape index (κ1) is 17.2. The molecule has 0 saturated carbocycles. The molecule has 0 aromatic carbocycles. The summed E-state index contributed by atoms with van der Waals surface area (Å²) in [5, 5.41) is 7.00. The van der Waals surface area contributed by atoms with Crippen LogP contribution in [0.4, 0.5) is 0 Å². The Kier molecular flexibility index (Phi) is 21.9. The van der Waals surface area contributed by atoms with E-state index in [0.717, 1.165) is 7.11 Å². The Hall–Kier alpha value is 1.05. The van der Waals surface area contributed by atoms with Gasteiger partial charge in [0.25, 0.3) is 0 Å². The third-order valence-corrected chi connectivity index (χ3v) is 1.16. The van der Waals surface area contributed by atoms with Crippen LogP contribution in [-0.2, 0) is 0 Å². The van der Waals surface area contributed by atoms with Crippen LogP contribution in [0.25, 0.3) is 0 Å². The van der Waals surface area contributed by atoms with Crippen LogP contribution < -0.4 is 18.9 Å². The molecule has 1 rings (SSSR count). The summed E-state index contributed by atoms with van der Waals surface area (Å²) in [6.45, 7) is 3.50. The van der Waals surface area contributed by atoms with E-state index < -0.39 is 0 Å². The minimum Gasteiger partial charge on any atom is -1.00 e. The Morgan fingerprint density at radius 3 is 2.10 bits per heavy atom. The molecule has 0 spiro atoms. The van der Waals surface area contributed by atoms with Crippen molar-refractivity contribution in [1.82, 2.24) is 4.90 Å². The van der Waals surface area contributed by atoms with Crippen LogP contribution in [0.5, 0.6) is 0 Å². The predicted molar refractivity (Wildman–Crippen MR) is 43.4 cm³/mol. The molecule has 1 aliphatic rings. The van der Waals surface area contributed by atoms with Crippen LogP contribution in [-0.4, -0.2) is 48.1 Å². The second kappa shape index (κ2) is 12.7. The first-order chi connectivity index (χ1) is 3.89. The summed E-state index contributed by atoms with van der Waals surface area (Å²) in [6.07, 6.45) is 2.65. The summed E-state index contributed by atoms with van der Waals surface area (Å²) >= 11 is 0. The third kappa shape index (κ3) is 9.05. The van der Waals surface area contributed by atoms with Gasteiger partial charge in [-0.15, -0.1) is 0 Å². The quantitative estimate of drug-likeness (QED) is 0.306. The third-order valence-electron chi connectivity index (χ3n) is 1.16. The summed E-state index contributed by atoms with van der Waals surface area (Å²) in [4.78, 5) is 2.24. The summed E-state index contributed by atoms with van der Waals surface area (Å²) in [5.74, 6) is 0. The number of aliphatic hydroxyl groups excluding tert-OH is 1. The van der Waals surface area contributed by atoms with E-state index in [1.807, 2.05) is 0 Å². The normalized spacial score (nSPS) is 15.9. The summed E-state index contributed by atoms with van der Waals surface area (Å²) in [5.41, 5.74) is 0. The van der Waals surface area contributed by atoms with Crippen LogP contribution >= 0.6 is 0 Å². The van der Waals surface area contributed by atoms with Gasteiger partial charge in [-0.1, -0.05) is 6.42 Å². The molecule has 1 fully saturated rings. The van der Waals surface area contributed by atoms with E-state index in [1.165, 1.54) is 19.4 Å². The molecule has 0 amide bonds. The molecule has 0 aromatic rings. The fourth-order valence-electron chi connectivity index (χ4n) is 0.744. The van der Waals surface area contributed by atoms with Gasteiger partial charge in [0, 0.05) is 7.11 Å². The van der Waals surface area contributed by atoms with Crippen molar-refractivity contribution in [2.45, 2.75) is 12.8 Å². The van der Waals surface area contributed by atoms with Crippen molar-refractivity contribution in [3.8, 4) is 0 Å². The van der Waals surface area contributed by atoms with E-state index in [4.69, 9.17) is 5.11 Å². The molecule has 1 heterocycles. The smallest absolute Gasteiger partial charge is 1.00 e. The number of nitrogens with zero attached hydrogens (tertiary/aromatic N) is 1. The second-order valence-corrected chi connectivity index (χ2v) is 1.81. The van der Waals surface area contributed by atoms with Gasteiger partial charge in [-0.25, -0.2) is 0 Å². The zero-order chi connectivity index (χ0) is 6.41. The van der Waals surface area contributed by atoms with Crippen molar-refractivity contribution in [2.75, 3.05) is 20.7 Å². The maximum Gasteiger partial charge on any atom is 3.00 e. The first-order valence-electron chi connectivity index (χ1n) is 2.88. The zero-order valence-corrected chi connectivity index (χ0v) is 8.33. The largest absolute Gasteiger partial charge is 3.00 e. The molecule has 1 aliphatic heterocycles. The minimum absolute atomic E-state index is 0. The summed E-state index contributed by atoms with van der Waals surface area (Å²) in [7, 11) is 3.12. The zero-order valence-electron chi connectivity index (χ0n) is 10.2. The van der Waals surface area contributed by atoms with Gasteiger partial charge in [-0.2, -0.15) is 6.42 Å². The Morgan fingerprint density at radius 1 is 1.50 bits per heavy atom. The van der Waals surface area contributed by atoms with Gasteiger partial charge in [0.2, 0.25) is 0 Å². The molecule has 0 aliphatic carbocycles. The molecular formula is C6H17AlLiNO. The van der Waals surface area contributed by atoms with Crippen LogP contribution in [0.2, 0.25) is 0 Å². The molecule has 0 unspecified atom stereocenters. The van der Waals surface area contributed by atoms with Gasteiger partial charge in [0.1, 0.15) is 0 Å². The Morgan fingerprint density at radius 2 is 2.00 bits per heavy atom. The summed E-state index contributed by atoms with van der Waals surface area (Å²) < 4.78 is 0. The van der Waals surface area contributed by atoms with Crippen LogP contribution in [0, 0.1) is 6.54 Å². The van der Waals surface area contributed by atoms with Crippen molar-refractivity contribution in [3.63, 3.8) is 0 Å². The van der Waals surface area contributed by atoms with E-state index in [0.29, 0.717) is 0 Å². The predicted octanol–water partition coefficient (Wildman–Crippen LogP) is -2.56. The van der Waals surface area contributed by atoms with Crippen molar-refractivity contribution < 1.29 is 28.2 Å². The van der Waals surface area contributed by atoms with E-state index >= 15 is 0 Å². The van der Waals surface area contributed by atoms with Crippen molar-refractivity contribution in [3.05, 3.63) is 6.54 Å². The number of aliphatic hydroxyl groups is 1. The number of rotatable bonds is 0. The molecule has 0 aromatic heterocycles. The molecule has 2 nitrogen and oxygen atoms in total. The fraction of sp³-hybridized carbons (Fsp3) is 0.833. The Bertz CT molecular complexity index is 61.1. The molecule has 10 heavy (non-hydrogen) atoms. The number of likely N-dealkylation sites (tertiary alicyclic amines) is 1. The minimum atomic E-state index is 0. The molecule has 0 radical (unpaired) electrons.